The van der Waals surface area contributed by atoms with Crippen LogP contribution >= 0.6 is 27.3 Å². The molecule has 0 N–H and O–H groups in total. The lowest BCUT2D eigenvalue weighted by molar-refractivity contribution is 0.775. The van der Waals surface area contributed by atoms with E-state index in [-0.39, 0.29) is 0 Å². The van der Waals surface area contributed by atoms with E-state index < -0.39 is 0 Å². The molecule has 0 saturated heterocycles. The Labute approximate surface area is 128 Å². The van der Waals surface area contributed by atoms with E-state index in [0.717, 1.165) is 26.2 Å². The monoisotopic (exact) mass is 343 g/mol. The second kappa shape index (κ2) is 4.44. The number of hydrogen-bond donors (Lipinski definition) is 0. The van der Waals surface area contributed by atoms with Gasteiger partial charge in [0, 0.05) is 17.0 Å². The predicted octanol–water partition coefficient (Wildman–Crippen LogP) is 4.73. The number of nitriles is 1. The minimum atomic E-state index is 0.557. The van der Waals surface area contributed by atoms with E-state index in [1.807, 2.05) is 18.2 Å². The number of thiophene rings is 1. The molecule has 0 amide bonds. The van der Waals surface area contributed by atoms with Crippen molar-refractivity contribution in [1.82, 2.24) is 9.55 Å². The lowest BCUT2D eigenvalue weighted by Gasteiger charge is -2.05. The number of rotatable bonds is 2. The van der Waals surface area contributed by atoms with Gasteiger partial charge in [-0.15, -0.1) is 11.3 Å². The first-order chi connectivity index (χ1) is 9.76. The first kappa shape index (κ1) is 12.1. The van der Waals surface area contributed by atoms with Crippen molar-refractivity contribution in [2.24, 2.45) is 0 Å². The van der Waals surface area contributed by atoms with Crippen molar-refractivity contribution in [2.75, 3.05) is 0 Å². The number of benzene rings is 1. The largest absolute Gasteiger partial charge is 0.321 e. The van der Waals surface area contributed by atoms with E-state index in [2.05, 4.69) is 38.0 Å². The van der Waals surface area contributed by atoms with Gasteiger partial charge in [0.15, 0.2) is 0 Å². The minimum absolute atomic E-state index is 0.557. The molecule has 5 heteroatoms. The van der Waals surface area contributed by atoms with Crippen molar-refractivity contribution in [1.29, 1.82) is 5.26 Å². The van der Waals surface area contributed by atoms with Crippen molar-refractivity contribution in [3.63, 3.8) is 0 Å². The van der Waals surface area contributed by atoms with Crippen LogP contribution in [0.5, 0.6) is 0 Å². The molecule has 1 aliphatic carbocycles. The third kappa shape index (κ3) is 1.88. The normalized spacial score (nSPS) is 14.6. The van der Waals surface area contributed by atoms with E-state index in [0.29, 0.717) is 11.6 Å². The summed E-state index contributed by atoms with van der Waals surface area (Å²) in [5.41, 5.74) is 3.84. The van der Waals surface area contributed by atoms with Crippen LogP contribution in [0.4, 0.5) is 0 Å². The summed E-state index contributed by atoms with van der Waals surface area (Å²) in [6.45, 7) is 0. The topological polar surface area (TPSA) is 41.6 Å². The van der Waals surface area contributed by atoms with Gasteiger partial charge >= 0.3 is 0 Å². The molecule has 0 aliphatic heterocycles. The summed E-state index contributed by atoms with van der Waals surface area (Å²) in [4.78, 5) is 4.76. The highest BCUT2D eigenvalue weighted by molar-refractivity contribution is 9.11. The van der Waals surface area contributed by atoms with Gasteiger partial charge in [0.25, 0.3) is 0 Å². The summed E-state index contributed by atoms with van der Waals surface area (Å²) >= 11 is 5.18. The first-order valence-electron chi connectivity index (χ1n) is 6.43. The summed E-state index contributed by atoms with van der Waals surface area (Å²) in [6.07, 6.45) is 2.42. The summed E-state index contributed by atoms with van der Waals surface area (Å²) in [7, 11) is 0. The Hall–Kier alpha value is -1.64. The number of halogens is 1. The molecule has 4 rings (SSSR count). The standard InChI is InChI=1S/C15H10BrN3S/c16-14-6-10(8-20-14)15-18-12-5-9(7-17)1-4-13(12)19(15)11-2-3-11/h1,4-6,8,11H,2-3H2. The Morgan fingerprint density at radius 1 is 1.35 bits per heavy atom. The zero-order valence-electron chi connectivity index (χ0n) is 10.5. The van der Waals surface area contributed by atoms with Crippen molar-refractivity contribution >= 4 is 38.3 Å². The summed E-state index contributed by atoms with van der Waals surface area (Å²) in [6, 6.07) is 10.6. The van der Waals surface area contributed by atoms with Gasteiger partial charge in [0.1, 0.15) is 5.82 Å². The Bertz CT molecular complexity index is 852. The molecule has 1 aromatic carbocycles. The highest BCUT2D eigenvalue weighted by Crippen LogP contribution is 2.42. The molecule has 3 aromatic rings. The van der Waals surface area contributed by atoms with Gasteiger partial charge in [-0.1, -0.05) is 0 Å². The second-order valence-corrected chi connectivity index (χ2v) is 7.28. The molecule has 1 saturated carbocycles. The molecule has 98 valence electrons. The molecular formula is C15H10BrN3S. The van der Waals surface area contributed by atoms with Crippen LogP contribution in [0.15, 0.2) is 33.4 Å². The minimum Gasteiger partial charge on any atom is -0.321 e. The van der Waals surface area contributed by atoms with Crippen LogP contribution < -0.4 is 0 Å². The van der Waals surface area contributed by atoms with E-state index in [4.69, 9.17) is 10.2 Å². The van der Waals surface area contributed by atoms with Gasteiger partial charge < -0.3 is 4.57 Å². The second-order valence-electron chi connectivity index (χ2n) is 4.99. The molecule has 3 nitrogen and oxygen atoms in total. The van der Waals surface area contributed by atoms with E-state index >= 15 is 0 Å². The van der Waals surface area contributed by atoms with Gasteiger partial charge in [-0.3, -0.25) is 0 Å². The number of nitrogens with zero attached hydrogens (tertiary/aromatic N) is 3. The van der Waals surface area contributed by atoms with Gasteiger partial charge in [0.2, 0.25) is 0 Å². The van der Waals surface area contributed by atoms with Gasteiger partial charge in [-0.05, 0) is 53.0 Å². The molecule has 0 bridgehead atoms. The van der Waals surface area contributed by atoms with Crippen molar-refractivity contribution in [2.45, 2.75) is 18.9 Å². The van der Waals surface area contributed by atoms with Crippen LogP contribution in [-0.2, 0) is 0 Å². The number of fused-ring (bicyclic) bond motifs is 1. The smallest absolute Gasteiger partial charge is 0.142 e. The van der Waals surface area contributed by atoms with Crippen LogP contribution in [0.3, 0.4) is 0 Å². The maximum Gasteiger partial charge on any atom is 0.142 e. The van der Waals surface area contributed by atoms with Crippen LogP contribution in [0, 0.1) is 11.3 Å². The fourth-order valence-electron chi connectivity index (χ4n) is 2.50. The third-order valence-electron chi connectivity index (χ3n) is 3.56. The summed E-state index contributed by atoms with van der Waals surface area (Å²) in [5, 5.41) is 11.1. The molecule has 0 atom stereocenters. The molecule has 0 unspecified atom stereocenters. The maximum atomic E-state index is 9.03. The number of imidazole rings is 1. The quantitative estimate of drug-likeness (QED) is 0.674. The molecule has 0 radical (unpaired) electrons. The van der Waals surface area contributed by atoms with Gasteiger partial charge in [-0.25, -0.2) is 4.98 Å². The van der Waals surface area contributed by atoms with E-state index in [1.165, 1.54) is 12.8 Å². The Morgan fingerprint density at radius 2 is 2.20 bits per heavy atom. The maximum absolute atomic E-state index is 9.03. The molecule has 20 heavy (non-hydrogen) atoms. The highest BCUT2D eigenvalue weighted by atomic mass is 79.9. The third-order valence-corrected chi connectivity index (χ3v) is 5.06. The Kier molecular flexibility index (Phi) is 2.69. The molecular weight excluding hydrogens is 334 g/mol. The summed E-state index contributed by atoms with van der Waals surface area (Å²) in [5.74, 6) is 1.01. The lowest BCUT2D eigenvalue weighted by Crippen LogP contribution is -1.96. The van der Waals surface area contributed by atoms with E-state index in [9.17, 15) is 0 Å². The van der Waals surface area contributed by atoms with Crippen LogP contribution in [0.25, 0.3) is 22.4 Å². The lowest BCUT2D eigenvalue weighted by atomic mass is 10.2. The molecule has 2 aromatic heterocycles. The van der Waals surface area contributed by atoms with Crippen LogP contribution in [-0.4, -0.2) is 9.55 Å². The fourth-order valence-corrected chi connectivity index (χ4v) is 3.64. The molecule has 0 spiro atoms. The van der Waals surface area contributed by atoms with Crippen molar-refractivity contribution in [3.8, 4) is 17.5 Å². The Morgan fingerprint density at radius 3 is 2.85 bits per heavy atom. The van der Waals surface area contributed by atoms with Crippen LogP contribution in [0.1, 0.15) is 24.4 Å². The average molecular weight is 344 g/mol. The molecule has 1 aliphatic rings. The number of hydrogen-bond acceptors (Lipinski definition) is 3. The predicted molar refractivity (Wildman–Crippen MR) is 83.7 cm³/mol. The summed E-state index contributed by atoms with van der Waals surface area (Å²) < 4.78 is 3.44. The zero-order valence-corrected chi connectivity index (χ0v) is 12.9. The molecule has 1 fully saturated rings. The number of aromatic nitrogens is 2. The van der Waals surface area contributed by atoms with Crippen molar-refractivity contribution in [3.05, 3.63) is 39.0 Å². The van der Waals surface area contributed by atoms with Crippen molar-refractivity contribution < 1.29 is 0 Å². The highest BCUT2D eigenvalue weighted by Gasteiger charge is 2.29. The molecule has 2 heterocycles. The first-order valence-corrected chi connectivity index (χ1v) is 8.10. The van der Waals surface area contributed by atoms with E-state index in [1.54, 1.807) is 11.3 Å². The zero-order chi connectivity index (χ0) is 13.7. The fraction of sp³-hybridized carbons (Fsp3) is 0.200. The Balaban J connectivity index is 1.99. The van der Waals surface area contributed by atoms with Gasteiger partial charge in [-0.2, -0.15) is 5.26 Å². The van der Waals surface area contributed by atoms with Crippen LogP contribution in [0.2, 0.25) is 0 Å². The van der Waals surface area contributed by atoms with Gasteiger partial charge in [0.05, 0.1) is 26.5 Å². The SMILES string of the molecule is N#Cc1ccc2c(c1)nc(-c1csc(Br)c1)n2C1CC1. The average Bonchev–Trinajstić information content (AvgIpc) is 3.09.